The highest BCUT2D eigenvalue weighted by Gasteiger charge is 2.00. The Bertz CT molecular complexity index is 314. The molecular weight excluding hydrogens is 374 g/mol. The van der Waals surface area contributed by atoms with Gasteiger partial charge in [0.05, 0.1) is 0 Å². The average molecular weight is 384 g/mol. The minimum atomic E-state index is 1.30. The van der Waals surface area contributed by atoms with Crippen molar-refractivity contribution in [1.82, 2.24) is 0 Å². The van der Waals surface area contributed by atoms with Gasteiger partial charge in [0.1, 0.15) is 0 Å². The lowest BCUT2D eigenvalue weighted by atomic mass is 10.1. The molecule has 64 valence electrons. The molecule has 0 aliphatic rings. The van der Waals surface area contributed by atoms with Gasteiger partial charge in [0.25, 0.3) is 0 Å². The number of rotatable bonds is 1. The Hall–Kier alpha value is 0.420. The lowest BCUT2D eigenvalue weighted by Gasteiger charge is -2.04. The molecule has 12 heavy (non-hydrogen) atoms. The van der Waals surface area contributed by atoms with E-state index in [4.69, 9.17) is 0 Å². The average Bonchev–Trinajstić information content (AvgIpc) is 2.03. The first-order chi connectivity index (χ1) is 5.65. The van der Waals surface area contributed by atoms with Crippen molar-refractivity contribution < 1.29 is 0 Å². The van der Waals surface area contributed by atoms with Crippen LogP contribution in [0.25, 0.3) is 3.58 Å². The number of aryl methyl sites for hydroxylation is 1. The Labute approximate surface area is 101 Å². The third-order valence-electron chi connectivity index (χ3n) is 1.70. The van der Waals surface area contributed by atoms with Crippen LogP contribution >= 0.6 is 45.2 Å². The summed E-state index contributed by atoms with van der Waals surface area (Å²) in [5.41, 5.74) is 2.70. The van der Waals surface area contributed by atoms with Crippen LogP contribution in [0.3, 0.4) is 0 Å². The van der Waals surface area contributed by atoms with Crippen molar-refractivity contribution in [2.45, 2.75) is 13.8 Å². The minimum absolute atomic E-state index is 1.30. The predicted molar refractivity (Wildman–Crippen MR) is 71.6 cm³/mol. The molecule has 1 aromatic carbocycles. The van der Waals surface area contributed by atoms with Crippen LogP contribution in [0, 0.1) is 10.5 Å². The van der Waals surface area contributed by atoms with Gasteiger partial charge in [-0.25, -0.2) is 0 Å². The fourth-order valence-electron chi connectivity index (χ4n) is 1.05. The van der Waals surface area contributed by atoms with E-state index in [-0.39, 0.29) is 0 Å². The van der Waals surface area contributed by atoms with Gasteiger partial charge in [-0.1, -0.05) is 12.1 Å². The summed E-state index contributed by atoms with van der Waals surface area (Å²) in [7, 11) is 0. The Morgan fingerprint density at radius 1 is 1.42 bits per heavy atom. The molecule has 0 aromatic heterocycles. The van der Waals surface area contributed by atoms with Crippen LogP contribution in [0.2, 0.25) is 0 Å². The van der Waals surface area contributed by atoms with Crippen LogP contribution in [-0.2, 0) is 0 Å². The summed E-state index contributed by atoms with van der Waals surface area (Å²) in [4.78, 5) is 0. The molecule has 0 fully saturated rings. The highest BCUT2D eigenvalue weighted by molar-refractivity contribution is 14.1. The smallest absolute Gasteiger partial charge is 0.0162 e. The van der Waals surface area contributed by atoms with Crippen molar-refractivity contribution in [3.05, 3.63) is 39.0 Å². The first-order valence-electron chi connectivity index (χ1n) is 3.73. The standard InChI is InChI=1S/C10H10I2/c1-3-10(12)9-5-4-8(11)6-7(9)2/h3-6H,1-2H3/b10-3+. The van der Waals surface area contributed by atoms with Gasteiger partial charge >= 0.3 is 0 Å². The molecule has 0 bridgehead atoms. The van der Waals surface area contributed by atoms with E-state index in [0.717, 1.165) is 0 Å². The molecule has 0 unspecified atom stereocenters. The summed E-state index contributed by atoms with van der Waals surface area (Å²) in [6, 6.07) is 6.53. The zero-order valence-electron chi connectivity index (χ0n) is 7.07. The molecule has 0 N–H and O–H groups in total. The number of benzene rings is 1. The summed E-state index contributed by atoms with van der Waals surface area (Å²) < 4.78 is 2.62. The normalized spacial score (nSPS) is 11.8. The van der Waals surface area contributed by atoms with Crippen molar-refractivity contribution in [3.8, 4) is 0 Å². The molecule has 1 aromatic rings. The van der Waals surface area contributed by atoms with Gasteiger partial charge in [-0.2, -0.15) is 0 Å². The van der Waals surface area contributed by atoms with Gasteiger partial charge in [-0.15, -0.1) is 0 Å². The van der Waals surface area contributed by atoms with Crippen molar-refractivity contribution in [1.29, 1.82) is 0 Å². The zero-order chi connectivity index (χ0) is 9.14. The second kappa shape index (κ2) is 4.60. The van der Waals surface area contributed by atoms with Gasteiger partial charge < -0.3 is 0 Å². The van der Waals surface area contributed by atoms with Crippen molar-refractivity contribution in [2.24, 2.45) is 0 Å². The molecule has 0 nitrogen and oxygen atoms in total. The second-order valence-electron chi connectivity index (χ2n) is 2.60. The molecular formula is C10H10I2. The van der Waals surface area contributed by atoms with E-state index in [9.17, 15) is 0 Å². The van der Waals surface area contributed by atoms with Gasteiger partial charge in [-0.05, 0) is 82.3 Å². The molecule has 0 atom stereocenters. The Kier molecular flexibility index (Phi) is 4.02. The zero-order valence-corrected chi connectivity index (χ0v) is 11.4. The Morgan fingerprint density at radius 3 is 2.58 bits per heavy atom. The van der Waals surface area contributed by atoms with Crippen molar-refractivity contribution in [2.75, 3.05) is 0 Å². The van der Waals surface area contributed by atoms with Crippen LogP contribution < -0.4 is 0 Å². The monoisotopic (exact) mass is 384 g/mol. The number of hydrogen-bond acceptors (Lipinski definition) is 0. The van der Waals surface area contributed by atoms with Crippen LogP contribution in [0.15, 0.2) is 24.3 Å². The number of allylic oxidation sites excluding steroid dienone is 1. The first-order valence-corrected chi connectivity index (χ1v) is 5.89. The van der Waals surface area contributed by atoms with E-state index in [1.807, 2.05) is 0 Å². The molecule has 0 amide bonds. The fraction of sp³-hybridized carbons (Fsp3) is 0.200. The minimum Gasteiger partial charge on any atom is -0.0736 e. The topological polar surface area (TPSA) is 0 Å². The van der Waals surface area contributed by atoms with E-state index in [1.54, 1.807) is 0 Å². The quantitative estimate of drug-likeness (QED) is 0.631. The second-order valence-corrected chi connectivity index (χ2v) is 5.00. The van der Waals surface area contributed by atoms with E-state index < -0.39 is 0 Å². The highest BCUT2D eigenvalue weighted by atomic mass is 127. The van der Waals surface area contributed by atoms with Crippen LogP contribution in [-0.4, -0.2) is 0 Å². The maximum Gasteiger partial charge on any atom is 0.0162 e. The molecule has 0 spiro atoms. The lowest BCUT2D eigenvalue weighted by molar-refractivity contribution is 1.42. The largest absolute Gasteiger partial charge is 0.0736 e. The Morgan fingerprint density at radius 2 is 2.08 bits per heavy atom. The summed E-state index contributed by atoms with van der Waals surface area (Å²) >= 11 is 4.70. The van der Waals surface area contributed by atoms with Gasteiger partial charge in [0, 0.05) is 7.15 Å². The molecule has 0 heterocycles. The summed E-state index contributed by atoms with van der Waals surface area (Å²) in [5, 5.41) is 0. The molecule has 0 saturated heterocycles. The van der Waals surface area contributed by atoms with Crippen LogP contribution in [0.5, 0.6) is 0 Å². The van der Waals surface area contributed by atoms with E-state index in [1.165, 1.54) is 18.3 Å². The molecule has 0 aliphatic carbocycles. The molecule has 1 rings (SSSR count). The van der Waals surface area contributed by atoms with Gasteiger partial charge in [-0.3, -0.25) is 0 Å². The predicted octanol–water partition coefficient (Wildman–Crippen LogP) is 4.40. The van der Waals surface area contributed by atoms with E-state index >= 15 is 0 Å². The molecule has 0 aliphatic heterocycles. The number of halogens is 2. The molecule has 0 saturated carbocycles. The lowest BCUT2D eigenvalue weighted by Crippen LogP contribution is -1.84. The van der Waals surface area contributed by atoms with Crippen molar-refractivity contribution in [3.63, 3.8) is 0 Å². The maximum atomic E-state index is 2.37. The summed E-state index contributed by atoms with van der Waals surface area (Å²) in [6.45, 7) is 4.22. The molecule has 0 radical (unpaired) electrons. The van der Waals surface area contributed by atoms with E-state index in [2.05, 4.69) is 83.3 Å². The van der Waals surface area contributed by atoms with Gasteiger partial charge in [0.15, 0.2) is 0 Å². The maximum absolute atomic E-state index is 2.37. The van der Waals surface area contributed by atoms with Crippen molar-refractivity contribution >= 4 is 48.8 Å². The van der Waals surface area contributed by atoms with Crippen LogP contribution in [0.1, 0.15) is 18.1 Å². The molecule has 2 heteroatoms. The highest BCUT2D eigenvalue weighted by Crippen LogP contribution is 2.25. The SMILES string of the molecule is C/C=C(/I)c1ccc(I)cc1C. The number of hydrogen-bond donors (Lipinski definition) is 0. The van der Waals surface area contributed by atoms with Crippen LogP contribution in [0.4, 0.5) is 0 Å². The van der Waals surface area contributed by atoms with E-state index in [0.29, 0.717) is 0 Å². The fourth-order valence-corrected chi connectivity index (χ4v) is 2.30. The first kappa shape index (κ1) is 10.5. The Balaban J connectivity index is 3.18. The van der Waals surface area contributed by atoms with Gasteiger partial charge in [0.2, 0.25) is 0 Å². The third-order valence-corrected chi connectivity index (χ3v) is 3.57. The third kappa shape index (κ3) is 2.45. The summed E-state index contributed by atoms with van der Waals surface area (Å²) in [5.74, 6) is 0. The summed E-state index contributed by atoms with van der Waals surface area (Å²) in [6.07, 6.45) is 2.13.